The summed E-state index contributed by atoms with van der Waals surface area (Å²) in [6, 6.07) is 57.5. The number of fused-ring (bicyclic) bond motifs is 5. The maximum atomic E-state index is 14.6. The SMILES string of the molecule is O=c1n(-c2[c-]c3c(cc2)c2ccccc2n3-c2ccccn2)c2[c-]c(-n3[c-][n+](-c4ccccc4)c4ccccc43)ccc2n1-c1ccccc1.[Pt]. The first-order valence-electron chi connectivity index (χ1n) is 16.4. The van der Waals surface area contributed by atoms with E-state index in [1.54, 1.807) is 15.3 Å². The van der Waals surface area contributed by atoms with E-state index >= 15 is 0 Å². The van der Waals surface area contributed by atoms with Crippen LogP contribution in [0.25, 0.3) is 72.4 Å². The molecule has 0 amide bonds. The van der Waals surface area contributed by atoms with E-state index in [4.69, 9.17) is 0 Å². The summed E-state index contributed by atoms with van der Waals surface area (Å²) in [5.41, 5.74) is 8.11. The van der Waals surface area contributed by atoms with Crippen molar-refractivity contribution in [2.24, 2.45) is 0 Å². The minimum Gasteiger partial charge on any atom is -0.319 e. The van der Waals surface area contributed by atoms with Gasteiger partial charge >= 0.3 is 5.69 Å². The minimum atomic E-state index is -0.212. The van der Waals surface area contributed by atoms with Crippen LogP contribution >= 0.6 is 0 Å². The standard InChI is InChI=1S/C43H26N6O.Pt/c50-43-47(31-15-5-2-6-16-31)39-25-23-32(46-29-45(30-13-3-1-4-14-30)37-19-9-10-20-38(37)46)27-41(39)48(43)33-22-24-35-34-17-7-8-18-36(34)49(40(35)28-33)42-21-11-12-26-44-42;/h1-26H;/q-2;. The van der Waals surface area contributed by atoms with Gasteiger partial charge in [-0.3, -0.25) is 4.57 Å². The Kier molecular flexibility index (Phi) is 7.37. The molecular formula is C43H26N6OPt-2. The number of hydrogen-bond acceptors (Lipinski definition) is 2. The zero-order chi connectivity index (χ0) is 33.2. The van der Waals surface area contributed by atoms with E-state index in [0.29, 0.717) is 11.2 Å². The summed E-state index contributed by atoms with van der Waals surface area (Å²) >= 11 is 0. The van der Waals surface area contributed by atoms with Crippen LogP contribution in [0.5, 0.6) is 0 Å². The van der Waals surface area contributed by atoms with Gasteiger partial charge in [-0.05, 0) is 64.6 Å². The first-order valence-corrected chi connectivity index (χ1v) is 16.4. The van der Waals surface area contributed by atoms with Crippen LogP contribution < -0.4 is 10.3 Å². The van der Waals surface area contributed by atoms with Crippen LogP contribution in [0, 0.1) is 18.5 Å². The Morgan fingerprint density at radius 1 is 0.529 bits per heavy atom. The summed E-state index contributed by atoms with van der Waals surface area (Å²) < 4.78 is 9.61. The number of pyridine rings is 1. The van der Waals surface area contributed by atoms with Crippen molar-refractivity contribution in [1.29, 1.82) is 0 Å². The summed E-state index contributed by atoms with van der Waals surface area (Å²) in [6.45, 7) is 0. The van der Waals surface area contributed by atoms with Crippen molar-refractivity contribution >= 4 is 43.9 Å². The molecule has 246 valence electrons. The molecule has 6 aromatic carbocycles. The molecule has 0 saturated heterocycles. The maximum Gasteiger partial charge on any atom is 0.323 e. The van der Waals surface area contributed by atoms with Crippen molar-refractivity contribution in [1.82, 2.24) is 23.3 Å². The second kappa shape index (κ2) is 12.2. The third-order valence-electron chi connectivity index (χ3n) is 9.26. The van der Waals surface area contributed by atoms with Crippen LogP contribution in [0.2, 0.25) is 0 Å². The minimum absolute atomic E-state index is 0. The van der Waals surface area contributed by atoms with Gasteiger partial charge in [0.1, 0.15) is 5.82 Å². The number of imidazole rings is 2. The van der Waals surface area contributed by atoms with Gasteiger partial charge in [-0.25, -0.2) is 9.78 Å². The third kappa shape index (κ3) is 4.81. The van der Waals surface area contributed by atoms with Crippen molar-refractivity contribution in [3.63, 3.8) is 0 Å². The van der Waals surface area contributed by atoms with Gasteiger partial charge in [0.05, 0.1) is 16.7 Å². The van der Waals surface area contributed by atoms with Crippen molar-refractivity contribution in [3.8, 4) is 28.6 Å². The fraction of sp³-hybridized carbons (Fsp3) is 0. The predicted molar refractivity (Wildman–Crippen MR) is 196 cm³/mol. The molecule has 8 heteroatoms. The van der Waals surface area contributed by atoms with Crippen LogP contribution in [0.15, 0.2) is 163 Å². The molecule has 10 aromatic rings. The summed E-state index contributed by atoms with van der Waals surface area (Å²) in [7, 11) is 0. The van der Waals surface area contributed by atoms with Gasteiger partial charge in [0, 0.05) is 38.5 Å². The normalized spacial score (nSPS) is 11.5. The third-order valence-corrected chi connectivity index (χ3v) is 9.26. The zero-order valence-electron chi connectivity index (χ0n) is 26.9. The van der Waals surface area contributed by atoms with Gasteiger partial charge in [0.2, 0.25) is 0 Å². The molecule has 0 aliphatic carbocycles. The molecule has 0 radical (unpaired) electrons. The fourth-order valence-electron chi connectivity index (χ4n) is 7.04. The molecule has 0 saturated carbocycles. The molecule has 0 aliphatic rings. The van der Waals surface area contributed by atoms with Gasteiger partial charge in [0.25, 0.3) is 6.33 Å². The molecule has 0 bridgehead atoms. The van der Waals surface area contributed by atoms with Crippen LogP contribution in [0.1, 0.15) is 0 Å². The number of aromatic nitrogens is 6. The number of benzene rings is 6. The second-order valence-electron chi connectivity index (χ2n) is 12.1. The first-order chi connectivity index (χ1) is 24.7. The Labute approximate surface area is 306 Å². The molecule has 0 fully saturated rings. The number of rotatable bonds is 5. The van der Waals surface area contributed by atoms with Crippen molar-refractivity contribution in [2.75, 3.05) is 0 Å². The van der Waals surface area contributed by atoms with E-state index in [1.165, 1.54) is 0 Å². The Morgan fingerprint density at radius 3 is 2.02 bits per heavy atom. The average molecular weight is 838 g/mol. The number of hydrogen-bond donors (Lipinski definition) is 0. The van der Waals surface area contributed by atoms with E-state index in [0.717, 1.165) is 61.2 Å². The van der Waals surface area contributed by atoms with Crippen LogP contribution in [0.4, 0.5) is 0 Å². The molecule has 0 unspecified atom stereocenters. The van der Waals surface area contributed by atoms with Gasteiger partial charge in [-0.15, -0.1) is 23.6 Å². The predicted octanol–water partition coefficient (Wildman–Crippen LogP) is 7.89. The smallest absolute Gasteiger partial charge is 0.319 e. The first kappa shape index (κ1) is 30.7. The van der Waals surface area contributed by atoms with Crippen LogP contribution in [-0.4, -0.2) is 23.3 Å². The fourth-order valence-corrected chi connectivity index (χ4v) is 7.04. The van der Waals surface area contributed by atoms with Crippen LogP contribution in [0.3, 0.4) is 0 Å². The molecular weight excluding hydrogens is 812 g/mol. The molecule has 7 nitrogen and oxygen atoms in total. The molecule has 0 spiro atoms. The summed E-state index contributed by atoms with van der Waals surface area (Å²) in [5.74, 6) is 0.779. The maximum absolute atomic E-state index is 14.6. The topological polar surface area (TPSA) is 53.6 Å². The Bertz CT molecular complexity index is 2940. The van der Waals surface area contributed by atoms with Gasteiger partial charge in [-0.2, -0.15) is 18.2 Å². The van der Waals surface area contributed by atoms with E-state index in [2.05, 4.69) is 70.5 Å². The van der Waals surface area contributed by atoms with E-state index in [9.17, 15) is 4.79 Å². The molecule has 0 aliphatic heterocycles. The van der Waals surface area contributed by atoms with Gasteiger partial charge in [0.15, 0.2) is 0 Å². The van der Waals surface area contributed by atoms with Crippen LogP contribution in [-0.2, 0) is 21.1 Å². The van der Waals surface area contributed by atoms with E-state index in [-0.39, 0.29) is 26.8 Å². The summed E-state index contributed by atoms with van der Waals surface area (Å²) in [5, 5.41) is 2.11. The van der Waals surface area contributed by atoms with Gasteiger partial charge in [-0.1, -0.05) is 96.1 Å². The quantitative estimate of drug-likeness (QED) is 0.131. The Balaban J connectivity index is 0.00000348. The Hall–Kier alpha value is -6.30. The molecule has 0 atom stereocenters. The molecule has 4 heterocycles. The van der Waals surface area contributed by atoms with E-state index < -0.39 is 0 Å². The molecule has 4 aromatic heterocycles. The van der Waals surface area contributed by atoms with E-state index in [1.807, 2.05) is 118 Å². The summed E-state index contributed by atoms with van der Waals surface area (Å²) in [6.07, 6.45) is 5.34. The monoisotopic (exact) mass is 837 g/mol. The zero-order valence-corrected chi connectivity index (χ0v) is 29.2. The average Bonchev–Trinajstić information content (AvgIpc) is 3.82. The second-order valence-corrected chi connectivity index (χ2v) is 12.1. The number of para-hydroxylation sites is 5. The number of nitrogens with zero attached hydrogens (tertiary/aromatic N) is 6. The van der Waals surface area contributed by atoms with Crippen molar-refractivity contribution in [2.45, 2.75) is 0 Å². The Morgan fingerprint density at radius 2 is 1.22 bits per heavy atom. The molecule has 0 N–H and O–H groups in total. The van der Waals surface area contributed by atoms with Gasteiger partial charge < -0.3 is 18.3 Å². The summed E-state index contributed by atoms with van der Waals surface area (Å²) in [4.78, 5) is 19.3. The van der Waals surface area contributed by atoms with Crippen molar-refractivity contribution < 1.29 is 25.6 Å². The van der Waals surface area contributed by atoms with Crippen molar-refractivity contribution in [3.05, 3.63) is 187 Å². The molecule has 10 rings (SSSR count). The molecule has 51 heavy (non-hydrogen) atoms. The largest absolute Gasteiger partial charge is 0.323 e.